The van der Waals surface area contributed by atoms with Crippen molar-refractivity contribution in [3.63, 3.8) is 0 Å². The first-order valence-corrected chi connectivity index (χ1v) is 6.06. The van der Waals surface area contributed by atoms with Crippen molar-refractivity contribution in [2.75, 3.05) is 0 Å². The summed E-state index contributed by atoms with van der Waals surface area (Å²) >= 11 is 2.67. The molecule has 0 saturated heterocycles. The van der Waals surface area contributed by atoms with E-state index in [9.17, 15) is 12.8 Å². The van der Waals surface area contributed by atoms with E-state index in [4.69, 9.17) is 15.8 Å². The Morgan fingerprint density at radius 2 is 2.00 bits per heavy atom. The molecule has 0 heterocycles. The normalized spacial score (nSPS) is 11.6. The fourth-order valence-corrected chi connectivity index (χ4v) is 3.11. The summed E-state index contributed by atoms with van der Waals surface area (Å²) in [6.45, 7) is 0. The smallest absolute Gasteiger partial charge is 0.266 e. The highest BCUT2D eigenvalue weighted by Gasteiger charge is 2.21. The van der Waals surface area contributed by atoms with Gasteiger partial charge in [0.1, 0.15) is 16.5 Å². The quantitative estimate of drug-likeness (QED) is 0.807. The molecule has 0 aliphatic carbocycles. The molecule has 0 radical (unpaired) electrons. The van der Waals surface area contributed by atoms with Crippen LogP contribution in [0.2, 0.25) is 0 Å². The van der Waals surface area contributed by atoms with Gasteiger partial charge in [0.2, 0.25) is 0 Å². The molecular formula is C6H3BrClFO3S. The summed E-state index contributed by atoms with van der Waals surface area (Å²) in [5, 5.41) is 9.09. The Hall–Kier alpha value is -0.330. The van der Waals surface area contributed by atoms with E-state index in [0.29, 0.717) is 0 Å². The van der Waals surface area contributed by atoms with Gasteiger partial charge in [0.05, 0.1) is 4.47 Å². The van der Waals surface area contributed by atoms with E-state index in [-0.39, 0.29) is 4.47 Å². The van der Waals surface area contributed by atoms with Gasteiger partial charge in [-0.25, -0.2) is 12.8 Å². The van der Waals surface area contributed by atoms with Gasteiger partial charge in [0.15, 0.2) is 0 Å². The number of phenols is 1. The van der Waals surface area contributed by atoms with E-state index in [1.165, 1.54) is 0 Å². The lowest BCUT2D eigenvalue weighted by Crippen LogP contribution is -1.95. The van der Waals surface area contributed by atoms with E-state index in [1.807, 2.05) is 0 Å². The van der Waals surface area contributed by atoms with Crippen molar-refractivity contribution in [3.8, 4) is 5.75 Å². The van der Waals surface area contributed by atoms with Gasteiger partial charge in [-0.1, -0.05) is 0 Å². The van der Waals surface area contributed by atoms with E-state index < -0.39 is 25.5 Å². The van der Waals surface area contributed by atoms with Crippen LogP contribution in [0.5, 0.6) is 5.75 Å². The van der Waals surface area contributed by atoms with Crippen LogP contribution in [0.3, 0.4) is 0 Å². The van der Waals surface area contributed by atoms with Gasteiger partial charge in [0.25, 0.3) is 9.05 Å². The number of benzene rings is 1. The molecule has 1 aromatic carbocycles. The third-order valence-electron chi connectivity index (χ3n) is 1.27. The second-order valence-electron chi connectivity index (χ2n) is 2.15. The number of rotatable bonds is 1. The zero-order valence-corrected chi connectivity index (χ0v) is 9.12. The summed E-state index contributed by atoms with van der Waals surface area (Å²) in [5.74, 6) is -1.40. The van der Waals surface area contributed by atoms with Crippen LogP contribution < -0.4 is 0 Å². The number of hydrogen-bond acceptors (Lipinski definition) is 3. The molecule has 0 fully saturated rings. The SMILES string of the molecule is O=S(=O)(Cl)c1c(O)ccc(F)c1Br. The topological polar surface area (TPSA) is 54.4 Å². The Balaban J connectivity index is 3.62. The minimum atomic E-state index is -4.15. The maximum atomic E-state index is 12.8. The van der Waals surface area contributed by atoms with Crippen molar-refractivity contribution in [1.29, 1.82) is 0 Å². The minimum Gasteiger partial charge on any atom is -0.506 e. The summed E-state index contributed by atoms with van der Waals surface area (Å²) in [7, 11) is 0.805. The first-order valence-electron chi connectivity index (χ1n) is 2.95. The largest absolute Gasteiger partial charge is 0.506 e. The molecule has 0 spiro atoms. The number of aromatic hydroxyl groups is 1. The van der Waals surface area contributed by atoms with Crippen molar-refractivity contribution in [2.24, 2.45) is 0 Å². The van der Waals surface area contributed by atoms with Gasteiger partial charge in [-0.15, -0.1) is 0 Å². The van der Waals surface area contributed by atoms with Crippen LogP contribution in [0.15, 0.2) is 21.5 Å². The molecule has 13 heavy (non-hydrogen) atoms. The lowest BCUT2D eigenvalue weighted by atomic mass is 10.3. The molecule has 0 unspecified atom stereocenters. The van der Waals surface area contributed by atoms with Crippen molar-refractivity contribution in [3.05, 3.63) is 22.4 Å². The van der Waals surface area contributed by atoms with Crippen LogP contribution >= 0.6 is 26.6 Å². The van der Waals surface area contributed by atoms with Gasteiger partial charge in [-0.2, -0.15) is 0 Å². The molecule has 0 aromatic heterocycles. The predicted octanol–water partition coefficient (Wildman–Crippen LogP) is 2.22. The lowest BCUT2D eigenvalue weighted by molar-refractivity contribution is 0.454. The van der Waals surface area contributed by atoms with Gasteiger partial charge < -0.3 is 5.11 Å². The zero-order valence-electron chi connectivity index (χ0n) is 5.96. The highest BCUT2D eigenvalue weighted by atomic mass is 79.9. The molecule has 0 aliphatic rings. The molecule has 1 N–H and O–H groups in total. The van der Waals surface area contributed by atoms with Gasteiger partial charge in [0, 0.05) is 10.7 Å². The average Bonchev–Trinajstić information content (AvgIpc) is 1.95. The second-order valence-corrected chi connectivity index (χ2v) is 5.44. The third-order valence-corrected chi connectivity index (χ3v) is 3.67. The Labute approximate surface area is 86.7 Å². The van der Waals surface area contributed by atoms with Gasteiger partial charge >= 0.3 is 0 Å². The summed E-state index contributed by atoms with van der Waals surface area (Å²) in [6.07, 6.45) is 0. The van der Waals surface area contributed by atoms with Crippen molar-refractivity contribution in [2.45, 2.75) is 4.90 Å². The molecule has 7 heteroatoms. The summed E-state index contributed by atoms with van der Waals surface area (Å²) in [5.41, 5.74) is 0. The highest BCUT2D eigenvalue weighted by molar-refractivity contribution is 9.10. The molecule has 0 atom stereocenters. The zero-order chi connectivity index (χ0) is 10.2. The standard InChI is InChI=1S/C6H3BrClFO3S/c7-5-3(9)1-2-4(10)6(5)13(8,11)12/h1-2,10H. The second kappa shape index (κ2) is 3.43. The molecule has 0 amide bonds. The molecular weight excluding hydrogens is 286 g/mol. The van der Waals surface area contributed by atoms with E-state index in [1.54, 1.807) is 0 Å². The molecule has 0 bridgehead atoms. The minimum absolute atomic E-state index is 0.373. The number of halogens is 3. The Bertz CT molecular complexity index is 445. The Kier molecular flexibility index (Phi) is 2.84. The molecule has 3 nitrogen and oxygen atoms in total. The van der Waals surface area contributed by atoms with Crippen LogP contribution in [0.1, 0.15) is 0 Å². The van der Waals surface area contributed by atoms with E-state index >= 15 is 0 Å². The Morgan fingerprint density at radius 1 is 1.46 bits per heavy atom. The van der Waals surface area contributed by atoms with Crippen LogP contribution in [0, 0.1) is 5.82 Å². The first kappa shape index (κ1) is 10.7. The Morgan fingerprint density at radius 3 is 2.38 bits per heavy atom. The van der Waals surface area contributed by atoms with Crippen molar-refractivity contribution < 1.29 is 17.9 Å². The number of hydrogen-bond donors (Lipinski definition) is 1. The lowest BCUT2D eigenvalue weighted by Gasteiger charge is -2.03. The highest BCUT2D eigenvalue weighted by Crippen LogP contribution is 2.34. The van der Waals surface area contributed by atoms with Crippen LogP contribution in [-0.4, -0.2) is 13.5 Å². The predicted molar refractivity (Wildman–Crippen MR) is 48.8 cm³/mol. The maximum absolute atomic E-state index is 12.8. The molecule has 0 saturated carbocycles. The number of phenolic OH excluding ortho intramolecular Hbond substituents is 1. The van der Waals surface area contributed by atoms with Crippen molar-refractivity contribution >= 4 is 35.7 Å². The molecule has 0 aliphatic heterocycles. The van der Waals surface area contributed by atoms with Gasteiger partial charge in [-0.05, 0) is 28.1 Å². The van der Waals surface area contributed by atoms with E-state index in [2.05, 4.69) is 15.9 Å². The van der Waals surface area contributed by atoms with Crippen molar-refractivity contribution in [1.82, 2.24) is 0 Å². The molecule has 72 valence electrons. The maximum Gasteiger partial charge on any atom is 0.266 e. The third kappa shape index (κ3) is 2.12. The summed E-state index contributed by atoms with van der Waals surface area (Å²) in [4.78, 5) is -0.658. The average molecular weight is 290 g/mol. The fourth-order valence-electron chi connectivity index (χ4n) is 0.754. The monoisotopic (exact) mass is 288 g/mol. The van der Waals surface area contributed by atoms with Crippen LogP contribution in [0.25, 0.3) is 0 Å². The summed E-state index contributed by atoms with van der Waals surface area (Å²) in [6, 6.07) is 1.83. The molecule has 1 aromatic rings. The first-order chi connectivity index (χ1) is 5.84. The molecule has 1 rings (SSSR count). The fraction of sp³-hybridized carbons (Fsp3) is 0. The van der Waals surface area contributed by atoms with Gasteiger partial charge in [-0.3, -0.25) is 0 Å². The summed E-state index contributed by atoms with van der Waals surface area (Å²) < 4.78 is 34.1. The van der Waals surface area contributed by atoms with E-state index in [0.717, 1.165) is 12.1 Å². The van der Waals surface area contributed by atoms with Crippen LogP contribution in [-0.2, 0) is 9.05 Å². The van der Waals surface area contributed by atoms with Crippen LogP contribution in [0.4, 0.5) is 4.39 Å².